The van der Waals surface area contributed by atoms with Crippen molar-refractivity contribution in [2.45, 2.75) is 46.6 Å². The molecule has 1 N–H and O–H groups in total. The number of carbonyl (C=O) groups is 2. The van der Waals surface area contributed by atoms with Crippen LogP contribution in [0, 0.1) is 5.92 Å². The lowest BCUT2D eigenvalue weighted by molar-refractivity contribution is -0.129. The Hall–Kier alpha value is -1.84. The lowest BCUT2D eigenvalue weighted by Crippen LogP contribution is -2.45. The Bertz CT molecular complexity index is 465. The van der Waals surface area contributed by atoms with E-state index in [1.165, 1.54) is 12.5 Å². The second-order valence-electron chi connectivity index (χ2n) is 5.58. The van der Waals surface area contributed by atoms with Gasteiger partial charge in [-0.3, -0.25) is 9.59 Å². The first-order valence-corrected chi connectivity index (χ1v) is 7.45. The molecule has 0 bridgehead atoms. The Morgan fingerprint density at radius 2 is 1.81 bits per heavy atom. The van der Waals surface area contributed by atoms with Gasteiger partial charge in [0.1, 0.15) is 5.75 Å². The molecule has 1 unspecified atom stereocenters. The summed E-state index contributed by atoms with van der Waals surface area (Å²) in [5, 5.41) is 2.70. The van der Waals surface area contributed by atoms with Gasteiger partial charge in [0.15, 0.2) is 12.4 Å². The van der Waals surface area contributed by atoms with Crippen molar-refractivity contribution in [1.29, 1.82) is 0 Å². The number of carbonyl (C=O) groups excluding carboxylic acids is 2. The standard InChI is InChI=1S/C17H25NO3/c1-5-6-14-7-9-15(10-8-14)21-11-16(20)18-17(12(2)3)13(4)19/h7-10,12,17H,5-6,11H2,1-4H3,(H,18,20). The molecule has 0 aliphatic heterocycles. The molecule has 4 nitrogen and oxygen atoms in total. The zero-order valence-corrected chi connectivity index (χ0v) is 13.3. The highest BCUT2D eigenvalue weighted by Crippen LogP contribution is 2.13. The van der Waals surface area contributed by atoms with Crippen LogP contribution in [-0.4, -0.2) is 24.3 Å². The number of nitrogens with one attached hydrogen (secondary N) is 1. The fourth-order valence-electron chi connectivity index (χ4n) is 2.14. The fourth-order valence-corrected chi connectivity index (χ4v) is 2.14. The normalized spacial score (nSPS) is 12.0. The zero-order valence-electron chi connectivity index (χ0n) is 13.3. The van der Waals surface area contributed by atoms with E-state index in [2.05, 4.69) is 12.2 Å². The van der Waals surface area contributed by atoms with Crippen LogP contribution in [0.25, 0.3) is 0 Å². The summed E-state index contributed by atoms with van der Waals surface area (Å²) in [6, 6.07) is 7.28. The molecule has 1 aromatic rings. The summed E-state index contributed by atoms with van der Waals surface area (Å²) >= 11 is 0. The molecule has 0 saturated carbocycles. The second-order valence-corrected chi connectivity index (χ2v) is 5.58. The maximum Gasteiger partial charge on any atom is 0.258 e. The van der Waals surface area contributed by atoms with Crippen LogP contribution in [-0.2, 0) is 16.0 Å². The van der Waals surface area contributed by atoms with E-state index >= 15 is 0 Å². The first-order valence-electron chi connectivity index (χ1n) is 7.45. The Labute approximate surface area is 126 Å². The van der Waals surface area contributed by atoms with E-state index in [1.54, 1.807) is 0 Å². The van der Waals surface area contributed by atoms with E-state index in [9.17, 15) is 9.59 Å². The number of ketones is 1. The number of aryl methyl sites for hydroxylation is 1. The number of amides is 1. The summed E-state index contributed by atoms with van der Waals surface area (Å²) in [6.07, 6.45) is 2.14. The SMILES string of the molecule is CCCc1ccc(OCC(=O)NC(C(C)=O)C(C)C)cc1. The molecular weight excluding hydrogens is 266 g/mol. The van der Waals surface area contributed by atoms with Crippen LogP contribution in [0.5, 0.6) is 5.75 Å². The number of rotatable bonds is 8. The summed E-state index contributed by atoms with van der Waals surface area (Å²) < 4.78 is 5.44. The Balaban J connectivity index is 2.47. The van der Waals surface area contributed by atoms with Crippen molar-refractivity contribution >= 4 is 11.7 Å². The molecule has 0 spiro atoms. The summed E-state index contributed by atoms with van der Waals surface area (Å²) in [5.41, 5.74) is 1.26. The fraction of sp³-hybridized carbons (Fsp3) is 0.529. The smallest absolute Gasteiger partial charge is 0.258 e. The van der Waals surface area contributed by atoms with Gasteiger partial charge in [-0.15, -0.1) is 0 Å². The van der Waals surface area contributed by atoms with Crippen LogP contribution < -0.4 is 10.1 Å². The maximum atomic E-state index is 11.8. The van der Waals surface area contributed by atoms with Gasteiger partial charge in [0.2, 0.25) is 0 Å². The van der Waals surface area contributed by atoms with Crippen molar-refractivity contribution in [2.24, 2.45) is 5.92 Å². The minimum atomic E-state index is -0.451. The van der Waals surface area contributed by atoms with E-state index in [-0.39, 0.29) is 24.2 Å². The summed E-state index contributed by atoms with van der Waals surface area (Å²) in [7, 11) is 0. The van der Waals surface area contributed by atoms with E-state index < -0.39 is 6.04 Å². The molecule has 21 heavy (non-hydrogen) atoms. The molecule has 1 aromatic carbocycles. The van der Waals surface area contributed by atoms with Crippen molar-refractivity contribution in [1.82, 2.24) is 5.32 Å². The van der Waals surface area contributed by atoms with E-state index in [4.69, 9.17) is 4.74 Å². The molecule has 0 aliphatic carbocycles. The number of hydrogen-bond donors (Lipinski definition) is 1. The molecule has 1 amide bonds. The number of Topliss-reactive ketones (excluding diaryl/α,β-unsaturated/α-hetero) is 1. The van der Waals surface area contributed by atoms with Crippen molar-refractivity contribution in [3.05, 3.63) is 29.8 Å². The minimum absolute atomic E-state index is 0.0396. The number of benzene rings is 1. The van der Waals surface area contributed by atoms with Gasteiger partial charge in [-0.25, -0.2) is 0 Å². The molecule has 0 aliphatic rings. The molecule has 0 fully saturated rings. The molecule has 0 heterocycles. The predicted molar refractivity (Wildman–Crippen MR) is 83.4 cm³/mol. The molecule has 4 heteroatoms. The topological polar surface area (TPSA) is 55.4 Å². The van der Waals surface area contributed by atoms with Crippen molar-refractivity contribution < 1.29 is 14.3 Å². The maximum absolute atomic E-state index is 11.8. The highest BCUT2D eigenvalue weighted by molar-refractivity contribution is 5.88. The summed E-state index contributed by atoms with van der Waals surface area (Å²) in [4.78, 5) is 23.3. The lowest BCUT2D eigenvalue weighted by atomic mass is 10.0. The van der Waals surface area contributed by atoms with Gasteiger partial charge in [-0.1, -0.05) is 39.3 Å². The first-order chi connectivity index (χ1) is 9.93. The quantitative estimate of drug-likeness (QED) is 0.801. The first kappa shape index (κ1) is 17.2. The van der Waals surface area contributed by atoms with Crippen LogP contribution in [0.4, 0.5) is 0 Å². The largest absolute Gasteiger partial charge is 0.484 e. The highest BCUT2D eigenvalue weighted by Gasteiger charge is 2.20. The van der Waals surface area contributed by atoms with E-state index in [1.807, 2.05) is 38.1 Å². The molecule has 1 rings (SSSR count). The third-order valence-electron chi connectivity index (χ3n) is 3.25. The number of ether oxygens (including phenoxy) is 1. The Morgan fingerprint density at radius 1 is 1.19 bits per heavy atom. The molecule has 0 radical (unpaired) electrons. The van der Waals surface area contributed by atoms with Gasteiger partial charge in [-0.2, -0.15) is 0 Å². The second kappa shape index (κ2) is 8.45. The monoisotopic (exact) mass is 291 g/mol. The van der Waals surface area contributed by atoms with E-state index in [0.29, 0.717) is 5.75 Å². The average molecular weight is 291 g/mol. The van der Waals surface area contributed by atoms with Crippen LogP contribution in [0.15, 0.2) is 24.3 Å². The van der Waals surface area contributed by atoms with Gasteiger partial charge in [0.05, 0.1) is 6.04 Å². The molecular formula is C17H25NO3. The van der Waals surface area contributed by atoms with Gasteiger partial charge < -0.3 is 10.1 Å². The summed E-state index contributed by atoms with van der Waals surface area (Å²) in [5.74, 6) is 0.414. The van der Waals surface area contributed by atoms with E-state index in [0.717, 1.165) is 12.8 Å². The molecule has 116 valence electrons. The third-order valence-corrected chi connectivity index (χ3v) is 3.25. The lowest BCUT2D eigenvalue weighted by Gasteiger charge is -2.19. The third kappa shape index (κ3) is 5.98. The molecule has 0 saturated heterocycles. The van der Waals surface area contributed by atoms with Gasteiger partial charge in [0.25, 0.3) is 5.91 Å². The van der Waals surface area contributed by atoms with Crippen LogP contribution in [0.2, 0.25) is 0 Å². The zero-order chi connectivity index (χ0) is 15.8. The Morgan fingerprint density at radius 3 is 2.29 bits per heavy atom. The molecule has 0 aromatic heterocycles. The van der Waals surface area contributed by atoms with Crippen LogP contribution >= 0.6 is 0 Å². The van der Waals surface area contributed by atoms with Crippen LogP contribution in [0.1, 0.15) is 39.7 Å². The molecule has 1 atom stereocenters. The van der Waals surface area contributed by atoms with Crippen molar-refractivity contribution in [2.75, 3.05) is 6.61 Å². The number of hydrogen-bond acceptors (Lipinski definition) is 3. The van der Waals surface area contributed by atoms with Crippen molar-refractivity contribution in [3.8, 4) is 5.75 Å². The average Bonchev–Trinajstić information content (AvgIpc) is 2.43. The van der Waals surface area contributed by atoms with Gasteiger partial charge in [0, 0.05) is 0 Å². The Kier molecular flexibility index (Phi) is 6.92. The predicted octanol–water partition coefficient (Wildman–Crippen LogP) is 2.75. The van der Waals surface area contributed by atoms with Crippen LogP contribution in [0.3, 0.4) is 0 Å². The van der Waals surface area contributed by atoms with Crippen molar-refractivity contribution in [3.63, 3.8) is 0 Å². The highest BCUT2D eigenvalue weighted by atomic mass is 16.5. The van der Waals surface area contributed by atoms with Gasteiger partial charge in [-0.05, 0) is 37.0 Å². The van der Waals surface area contributed by atoms with Gasteiger partial charge >= 0.3 is 0 Å². The minimum Gasteiger partial charge on any atom is -0.484 e. The summed E-state index contributed by atoms with van der Waals surface area (Å²) in [6.45, 7) is 7.34.